The number of nitriles is 1. The molecule has 1 aromatic rings. The first kappa shape index (κ1) is 11.2. The summed E-state index contributed by atoms with van der Waals surface area (Å²) >= 11 is 1.21. The van der Waals surface area contributed by atoms with Crippen LogP contribution in [0.4, 0.5) is 10.8 Å². The van der Waals surface area contributed by atoms with Gasteiger partial charge in [0.1, 0.15) is 16.6 Å². The number of hydrogen-bond acceptors (Lipinski definition) is 6. The lowest BCUT2D eigenvalue weighted by molar-refractivity contribution is 0.178. The summed E-state index contributed by atoms with van der Waals surface area (Å²) in [6, 6.07) is 2.04. The molecule has 0 aliphatic heterocycles. The quantitative estimate of drug-likeness (QED) is 0.734. The van der Waals surface area contributed by atoms with E-state index in [2.05, 4.69) is 9.69 Å². The third kappa shape index (κ3) is 2.26. The molecule has 0 bridgehead atoms. The fourth-order valence-electron chi connectivity index (χ4n) is 2.00. The third-order valence-corrected chi connectivity index (χ3v) is 3.71. The number of rotatable bonds is 3. The zero-order chi connectivity index (χ0) is 11.5. The van der Waals surface area contributed by atoms with Crippen molar-refractivity contribution in [3.63, 3.8) is 0 Å². The number of nitrogens with zero attached hydrogens (tertiary/aromatic N) is 2. The maximum Gasteiger partial charge on any atom is 0.157 e. The molecule has 0 aromatic carbocycles. The lowest BCUT2D eigenvalue weighted by atomic mass is 10.1. The molecule has 0 saturated heterocycles. The maximum absolute atomic E-state index is 9.39. The van der Waals surface area contributed by atoms with Crippen molar-refractivity contribution in [3.8, 4) is 6.07 Å². The first-order valence-electron chi connectivity index (χ1n) is 5.28. The lowest BCUT2D eigenvalue weighted by Crippen LogP contribution is -2.12. The van der Waals surface area contributed by atoms with Gasteiger partial charge in [-0.3, -0.25) is 0 Å². The molecule has 4 N–H and O–H groups in total. The molecule has 6 heteroatoms. The molecule has 2 unspecified atom stereocenters. The van der Waals surface area contributed by atoms with Gasteiger partial charge in [0.25, 0.3) is 0 Å². The normalized spacial score (nSPS) is 24.2. The third-order valence-electron chi connectivity index (χ3n) is 2.90. The molecule has 1 aromatic heterocycles. The van der Waals surface area contributed by atoms with Crippen LogP contribution in [0.15, 0.2) is 0 Å². The molecule has 1 aliphatic rings. The Hall–Kier alpha value is -1.32. The summed E-state index contributed by atoms with van der Waals surface area (Å²) in [5.41, 5.74) is 5.99. The largest absolute Gasteiger partial charge is 0.393 e. The van der Waals surface area contributed by atoms with Crippen LogP contribution in [0.25, 0.3) is 0 Å². The summed E-state index contributed by atoms with van der Waals surface area (Å²) in [5, 5.41) is 22.2. The average molecular weight is 238 g/mol. The highest BCUT2D eigenvalue weighted by molar-refractivity contribution is 7.10. The number of hydrogen-bond donors (Lipinski definition) is 3. The Morgan fingerprint density at radius 2 is 2.44 bits per heavy atom. The topological polar surface area (TPSA) is 95.0 Å². The van der Waals surface area contributed by atoms with Crippen molar-refractivity contribution in [2.24, 2.45) is 5.92 Å². The minimum Gasteiger partial charge on any atom is -0.393 e. The number of nitrogen functional groups attached to an aromatic ring is 1. The second kappa shape index (κ2) is 4.68. The summed E-state index contributed by atoms with van der Waals surface area (Å²) < 4.78 is 3.93. The second-order valence-electron chi connectivity index (χ2n) is 4.10. The minimum atomic E-state index is -0.159. The van der Waals surface area contributed by atoms with E-state index in [1.807, 2.05) is 6.07 Å². The second-order valence-corrected chi connectivity index (χ2v) is 4.87. The van der Waals surface area contributed by atoms with Crippen LogP contribution in [0.3, 0.4) is 0 Å². The van der Waals surface area contributed by atoms with Crippen molar-refractivity contribution in [3.05, 3.63) is 5.56 Å². The van der Waals surface area contributed by atoms with Gasteiger partial charge in [0.15, 0.2) is 5.82 Å². The van der Waals surface area contributed by atoms with Gasteiger partial charge >= 0.3 is 0 Å². The van der Waals surface area contributed by atoms with Crippen molar-refractivity contribution < 1.29 is 5.11 Å². The number of anilines is 2. The molecule has 86 valence electrons. The first-order valence-corrected chi connectivity index (χ1v) is 6.05. The van der Waals surface area contributed by atoms with E-state index in [9.17, 15) is 5.11 Å². The van der Waals surface area contributed by atoms with Gasteiger partial charge in [-0.2, -0.15) is 9.64 Å². The number of nitrogens with two attached hydrogens (primary N) is 1. The van der Waals surface area contributed by atoms with Crippen molar-refractivity contribution in [1.82, 2.24) is 4.37 Å². The number of nitrogens with one attached hydrogen (secondary N) is 1. The van der Waals surface area contributed by atoms with Gasteiger partial charge in [-0.05, 0) is 36.7 Å². The zero-order valence-corrected chi connectivity index (χ0v) is 9.63. The van der Waals surface area contributed by atoms with E-state index in [0.29, 0.717) is 17.3 Å². The molecule has 0 radical (unpaired) electrons. The summed E-state index contributed by atoms with van der Waals surface area (Å²) in [4.78, 5) is 0. The van der Waals surface area contributed by atoms with Gasteiger partial charge in [-0.15, -0.1) is 0 Å². The van der Waals surface area contributed by atoms with Gasteiger partial charge in [0.2, 0.25) is 0 Å². The van der Waals surface area contributed by atoms with Crippen molar-refractivity contribution in [2.45, 2.75) is 25.4 Å². The molecule has 1 heterocycles. The summed E-state index contributed by atoms with van der Waals surface area (Å²) in [6.45, 7) is 0.771. The van der Waals surface area contributed by atoms with Crippen molar-refractivity contribution >= 4 is 22.4 Å². The van der Waals surface area contributed by atoms with Gasteiger partial charge in [-0.25, -0.2) is 0 Å². The standard InChI is InChI=1S/C10H14N4OS/c11-4-8-9(12)14-16-10(8)13-5-6-1-2-7(15)3-6/h6-7,13,15H,1-3,5H2,(H2,12,14). The van der Waals surface area contributed by atoms with Gasteiger partial charge in [0.05, 0.1) is 6.10 Å². The highest BCUT2D eigenvalue weighted by atomic mass is 32.1. The molecule has 2 rings (SSSR count). The fraction of sp³-hybridized carbons (Fsp3) is 0.600. The maximum atomic E-state index is 9.39. The predicted octanol–water partition coefficient (Wildman–Crippen LogP) is 1.17. The van der Waals surface area contributed by atoms with Crippen molar-refractivity contribution in [1.29, 1.82) is 5.26 Å². The highest BCUT2D eigenvalue weighted by Gasteiger charge is 2.23. The van der Waals surface area contributed by atoms with Crippen LogP contribution >= 0.6 is 11.5 Å². The van der Waals surface area contributed by atoms with E-state index in [4.69, 9.17) is 11.0 Å². The number of aromatic nitrogens is 1. The molecule has 1 fully saturated rings. The van der Waals surface area contributed by atoms with Gasteiger partial charge < -0.3 is 16.2 Å². The average Bonchev–Trinajstić information content (AvgIpc) is 2.82. The number of aliphatic hydroxyl groups excluding tert-OH is 1. The molecule has 0 amide bonds. The SMILES string of the molecule is N#Cc1c(N)nsc1NCC1CCC(O)C1. The molecule has 5 nitrogen and oxygen atoms in total. The van der Waals surface area contributed by atoms with E-state index >= 15 is 0 Å². The van der Waals surface area contributed by atoms with E-state index < -0.39 is 0 Å². The monoisotopic (exact) mass is 238 g/mol. The molecule has 0 spiro atoms. The molecular weight excluding hydrogens is 224 g/mol. The molecular formula is C10H14N4OS. The van der Waals surface area contributed by atoms with Crippen LogP contribution in [0, 0.1) is 17.2 Å². The number of aliphatic hydroxyl groups is 1. The molecule has 1 aliphatic carbocycles. The van der Waals surface area contributed by atoms with Crippen molar-refractivity contribution in [2.75, 3.05) is 17.6 Å². The zero-order valence-electron chi connectivity index (χ0n) is 8.81. The first-order chi connectivity index (χ1) is 7.70. The van der Waals surface area contributed by atoms with E-state index in [1.54, 1.807) is 0 Å². The van der Waals surface area contributed by atoms with Crippen LogP contribution in [0.5, 0.6) is 0 Å². The Morgan fingerprint density at radius 1 is 1.62 bits per heavy atom. The van der Waals surface area contributed by atoms with Crippen LogP contribution in [0.2, 0.25) is 0 Å². The Kier molecular flexibility index (Phi) is 3.27. The van der Waals surface area contributed by atoms with E-state index in [0.717, 1.165) is 30.8 Å². The van der Waals surface area contributed by atoms with Crippen LogP contribution < -0.4 is 11.1 Å². The van der Waals surface area contributed by atoms with Gasteiger partial charge in [-0.1, -0.05) is 0 Å². The Labute approximate surface area is 98.1 Å². The summed E-state index contributed by atoms with van der Waals surface area (Å²) in [5.74, 6) is 0.770. The van der Waals surface area contributed by atoms with E-state index in [1.165, 1.54) is 11.5 Å². The highest BCUT2D eigenvalue weighted by Crippen LogP contribution is 2.29. The molecule has 2 atom stereocenters. The predicted molar refractivity (Wildman–Crippen MR) is 63.1 cm³/mol. The summed E-state index contributed by atoms with van der Waals surface area (Å²) in [6.07, 6.45) is 2.59. The lowest BCUT2D eigenvalue weighted by Gasteiger charge is -2.10. The smallest absolute Gasteiger partial charge is 0.157 e. The molecule has 1 saturated carbocycles. The van der Waals surface area contributed by atoms with Gasteiger partial charge in [0, 0.05) is 6.54 Å². The minimum absolute atomic E-state index is 0.159. The van der Waals surface area contributed by atoms with Crippen LogP contribution in [-0.4, -0.2) is 22.1 Å². The fourth-order valence-corrected chi connectivity index (χ4v) is 2.67. The Bertz CT molecular complexity index is 411. The van der Waals surface area contributed by atoms with E-state index in [-0.39, 0.29) is 6.10 Å². The Balaban J connectivity index is 1.92. The van der Waals surface area contributed by atoms with Crippen LogP contribution in [-0.2, 0) is 0 Å². The Morgan fingerprint density at radius 3 is 3.06 bits per heavy atom. The summed E-state index contributed by atoms with van der Waals surface area (Å²) in [7, 11) is 0. The van der Waals surface area contributed by atoms with Crippen LogP contribution in [0.1, 0.15) is 24.8 Å². The molecule has 16 heavy (non-hydrogen) atoms.